The van der Waals surface area contributed by atoms with Crippen LogP contribution in [-0.2, 0) is 30.8 Å². The number of rotatable bonds is 3. The number of benzene rings is 2. The summed E-state index contributed by atoms with van der Waals surface area (Å²) in [6.45, 7) is 9.64. The molecule has 1 amide bonds. The predicted molar refractivity (Wildman–Crippen MR) is 171 cm³/mol. The Morgan fingerprint density at radius 3 is 2.61 bits per heavy atom. The third kappa shape index (κ3) is 3.73. The molecule has 0 saturated heterocycles. The summed E-state index contributed by atoms with van der Waals surface area (Å²) in [6, 6.07) is 13.9. The van der Waals surface area contributed by atoms with Crippen LogP contribution in [0.4, 0.5) is 10.5 Å². The average Bonchev–Trinajstić information content (AvgIpc) is 3.48. The molecule has 0 radical (unpaired) electrons. The van der Waals surface area contributed by atoms with Crippen molar-refractivity contribution >= 4 is 44.4 Å². The van der Waals surface area contributed by atoms with Crippen LogP contribution in [-0.4, -0.2) is 52.2 Å². The fourth-order valence-corrected chi connectivity index (χ4v) is 9.49. The molecule has 3 aliphatic carbocycles. The topological polar surface area (TPSA) is 110 Å². The van der Waals surface area contributed by atoms with Crippen molar-refractivity contribution in [2.45, 2.75) is 88.8 Å². The van der Waals surface area contributed by atoms with E-state index in [1.165, 1.54) is 17.0 Å². The number of carbonyl (C=O) groups is 2. The number of hydrogen-bond donors (Lipinski definition) is 3. The van der Waals surface area contributed by atoms with Crippen LogP contribution in [0.3, 0.4) is 0 Å². The molecular weight excluding hydrogens is 624 g/mol. The van der Waals surface area contributed by atoms with Crippen molar-refractivity contribution in [1.29, 1.82) is 0 Å². The molecule has 1 aliphatic heterocycles. The number of aryl methyl sites for hydroxylation is 1. The maximum Gasteiger partial charge on any atom is 0.412 e. The Morgan fingerprint density at radius 2 is 1.89 bits per heavy atom. The van der Waals surface area contributed by atoms with Crippen LogP contribution < -0.4 is 5.32 Å². The Morgan fingerprint density at radius 1 is 1.14 bits per heavy atom. The number of nitrogens with one attached hydrogen (secondary N) is 2. The molecule has 8 nitrogen and oxygen atoms in total. The number of hydrogen-bond acceptors (Lipinski definition) is 6. The Hall–Kier alpha value is -2.98. The van der Waals surface area contributed by atoms with Crippen molar-refractivity contribution in [2.24, 2.45) is 11.3 Å². The number of halogens is 1. The van der Waals surface area contributed by atoms with Crippen LogP contribution in [0.25, 0.3) is 10.9 Å². The normalized spacial score (nSPS) is 35.3. The van der Waals surface area contributed by atoms with Crippen LogP contribution >= 0.6 is 15.9 Å². The van der Waals surface area contributed by atoms with Gasteiger partial charge in [-0.3, -0.25) is 10.1 Å². The van der Waals surface area contributed by atoms with Crippen LogP contribution in [0.5, 0.6) is 0 Å². The van der Waals surface area contributed by atoms with Gasteiger partial charge in [0, 0.05) is 56.7 Å². The third-order valence-electron chi connectivity index (χ3n) is 11.6. The van der Waals surface area contributed by atoms with Gasteiger partial charge in [-0.05, 0) is 87.4 Å². The molecule has 1 aromatic heterocycles. The van der Waals surface area contributed by atoms with Crippen molar-refractivity contribution in [3.63, 3.8) is 0 Å². The standard InChI is InChI=1S/C35H39BrN2O6/c1-19-15-21(36)11-12-24(19)38-30(40)43-28-17-20-16-23-22-9-7-8-10-25(22)37-29(23)33(20,5)32(4)13-14-34(42-6)26(35(28,32)41)18-27(39)31(2,3)44-34/h7-12,15,18,20,28,37,41H,13-14,16-17H2,1-6H3,(H,38,40)/t20-,28+,32-,33-,34+,35+/m1/s1. The predicted octanol–water partition coefficient (Wildman–Crippen LogP) is 6.87. The molecule has 6 atom stereocenters. The first-order valence-electron chi connectivity index (χ1n) is 15.3. The number of para-hydroxylation sites is 1. The van der Waals surface area contributed by atoms with Gasteiger partial charge in [0.05, 0.1) is 0 Å². The van der Waals surface area contributed by atoms with E-state index < -0.39 is 40.0 Å². The van der Waals surface area contributed by atoms with E-state index in [0.717, 1.165) is 27.7 Å². The Kier molecular flexibility index (Phi) is 6.43. The maximum atomic E-state index is 13.6. The Bertz CT molecular complexity index is 1760. The van der Waals surface area contributed by atoms with Crippen LogP contribution in [0.2, 0.25) is 0 Å². The Balaban J connectivity index is 1.39. The summed E-state index contributed by atoms with van der Waals surface area (Å²) in [5, 5.41) is 17.5. The van der Waals surface area contributed by atoms with Gasteiger partial charge in [0.15, 0.2) is 11.6 Å². The zero-order valence-electron chi connectivity index (χ0n) is 26.0. The lowest BCUT2D eigenvalue weighted by atomic mass is 9.41. The molecule has 44 heavy (non-hydrogen) atoms. The first kappa shape index (κ1) is 29.7. The summed E-state index contributed by atoms with van der Waals surface area (Å²) < 4.78 is 19.7. The van der Waals surface area contributed by atoms with E-state index in [0.29, 0.717) is 30.5 Å². The molecule has 3 N–H and O–H groups in total. The van der Waals surface area contributed by atoms with Gasteiger partial charge in [0.2, 0.25) is 0 Å². The number of carbonyl (C=O) groups excluding carboxylic acids is 2. The highest BCUT2D eigenvalue weighted by Crippen LogP contribution is 2.71. The first-order chi connectivity index (χ1) is 20.7. The lowest BCUT2D eigenvalue weighted by Crippen LogP contribution is -2.76. The largest absolute Gasteiger partial charge is 0.443 e. The molecule has 0 bridgehead atoms. The minimum absolute atomic E-state index is 0.0677. The number of aromatic amines is 1. The van der Waals surface area contributed by atoms with Gasteiger partial charge in [-0.25, -0.2) is 4.79 Å². The summed E-state index contributed by atoms with van der Waals surface area (Å²) in [5.41, 5.74) is 0.872. The molecule has 2 saturated carbocycles. The molecule has 7 rings (SSSR count). The van der Waals surface area contributed by atoms with Gasteiger partial charge in [0.25, 0.3) is 0 Å². The second kappa shape index (κ2) is 9.52. The first-order valence-corrected chi connectivity index (χ1v) is 16.1. The highest BCUT2D eigenvalue weighted by Gasteiger charge is 2.76. The number of ketones is 1. The van der Waals surface area contributed by atoms with Gasteiger partial charge in [0.1, 0.15) is 17.3 Å². The fourth-order valence-electron chi connectivity index (χ4n) is 9.01. The molecule has 4 aliphatic rings. The number of ether oxygens (including phenoxy) is 3. The monoisotopic (exact) mass is 662 g/mol. The third-order valence-corrected chi connectivity index (χ3v) is 12.1. The van der Waals surface area contributed by atoms with E-state index in [1.807, 2.05) is 31.2 Å². The van der Waals surface area contributed by atoms with E-state index in [-0.39, 0.29) is 11.7 Å². The van der Waals surface area contributed by atoms with E-state index in [1.54, 1.807) is 27.0 Å². The summed E-state index contributed by atoms with van der Waals surface area (Å²) in [6.07, 6.45) is 1.97. The van der Waals surface area contributed by atoms with E-state index in [9.17, 15) is 14.7 Å². The lowest BCUT2D eigenvalue weighted by Gasteiger charge is -2.68. The molecule has 9 heteroatoms. The van der Waals surface area contributed by atoms with Gasteiger partial charge >= 0.3 is 6.09 Å². The molecule has 0 spiro atoms. The SMILES string of the molecule is CO[C@]12CC[C@]3(C)[C@@]4(C)c5[nH]c6ccccc6c5C[C@@H]4C[C@H](OC(=O)Nc4ccc(Br)cc4C)[C@@]3(O)C1=CC(=O)C(C)(C)O2. The summed E-state index contributed by atoms with van der Waals surface area (Å²) in [5.74, 6) is -1.55. The number of aliphatic hydroxyl groups is 1. The zero-order valence-corrected chi connectivity index (χ0v) is 27.6. The van der Waals surface area contributed by atoms with Gasteiger partial charge in [-0.15, -0.1) is 0 Å². The highest BCUT2D eigenvalue weighted by atomic mass is 79.9. The molecule has 3 aromatic rings. The number of methoxy groups -OCH3 is 1. The van der Waals surface area contributed by atoms with Crippen molar-refractivity contribution in [3.8, 4) is 0 Å². The molecule has 2 heterocycles. The second-order valence-corrected chi connectivity index (χ2v) is 14.8. The van der Waals surface area contributed by atoms with Crippen LogP contribution in [0.15, 0.2) is 58.6 Å². The quantitative estimate of drug-likeness (QED) is 0.282. The summed E-state index contributed by atoms with van der Waals surface area (Å²) >= 11 is 3.47. The maximum absolute atomic E-state index is 13.6. The van der Waals surface area contributed by atoms with Crippen LogP contribution in [0, 0.1) is 18.3 Å². The fraction of sp³-hybridized carbons (Fsp3) is 0.486. The molecule has 232 valence electrons. The Labute approximate surface area is 265 Å². The molecule has 2 fully saturated rings. The minimum Gasteiger partial charge on any atom is -0.443 e. The van der Waals surface area contributed by atoms with Crippen molar-refractivity contribution < 1.29 is 28.9 Å². The van der Waals surface area contributed by atoms with E-state index >= 15 is 0 Å². The van der Waals surface area contributed by atoms with Gasteiger partial charge < -0.3 is 24.3 Å². The van der Waals surface area contributed by atoms with E-state index in [4.69, 9.17) is 14.2 Å². The van der Waals surface area contributed by atoms with Crippen LogP contribution in [0.1, 0.15) is 63.8 Å². The molecule has 0 unspecified atom stereocenters. The van der Waals surface area contributed by atoms with Gasteiger partial charge in [-0.2, -0.15) is 0 Å². The minimum atomic E-state index is -1.79. The molecular formula is C35H39BrN2O6. The lowest BCUT2D eigenvalue weighted by molar-refractivity contribution is -0.309. The summed E-state index contributed by atoms with van der Waals surface area (Å²) in [7, 11) is 1.54. The zero-order chi connectivity index (χ0) is 31.4. The number of amides is 1. The smallest absolute Gasteiger partial charge is 0.412 e. The summed E-state index contributed by atoms with van der Waals surface area (Å²) in [4.78, 5) is 30.9. The number of H-pyrrole nitrogens is 1. The molecule has 2 aromatic carbocycles. The van der Waals surface area contributed by atoms with Gasteiger partial charge in [-0.1, -0.05) is 48.0 Å². The van der Waals surface area contributed by atoms with E-state index in [2.05, 4.69) is 52.2 Å². The highest BCUT2D eigenvalue weighted by molar-refractivity contribution is 9.10. The van der Waals surface area contributed by atoms with Crippen molar-refractivity contribution in [3.05, 3.63) is 75.4 Å². The number of anilines is 1. The number of fused-ring (bicyclic) bond motifs is 9. The average molecular weight is 664 g/mol. The number of aromatic nitrogens is 1. The van der Waals surface area contributed by atoms with Crippen molar-refractivity contribution in [2.75, 3.05) is 12.4 Å². The van der Waals surface area contributed by atoms with Crippen molar-refractivity contribution in [1.82, 2.24) is 4.98 Å². The second-order valence-electron chi connectivity index (χ2n) is 13.9.